The summed E-state index contributed by atoms with van der Waals surface area (Å²) < 4.78 is 13.8. The van der Waals surface area contributed by atoms with E-state index in [0.29, 0.717) is 16.4 Å². The lowest BCUT2D eigenvalue weighted by Gasteiger charge is -2.22. The minimum atomic E-state index is -0.451. The van der Waals surface area contributed by atoms with Gasteiger partial charge in [-0.2, -0.15) is 4.39 Å². The monoisotopic (exact) mass is 277 g/mol. The predicted octanol–water partition coefficient (Wildman–Crippen LogP) is 4.05. The molecule has 3 rings (SSSR count). The molecule has 1 aliphatic rings. The van der Waals surface area contributed by atoms with Crippen molar-refractivity contribution in [2.45, 2.75) is 19.8 Å². The molecule has 3 nitrogen and oxygen atoms in total. The van der Waals surface area contributed by atoms with Gasteiger partial charge in [-0.1, -0.05) is 18.2 Å². The van der Waals surface area contributed by atoms with Crippen LogP contribution >= 0.6 is 11.6 Å². The van der Waals surface area contributed by atoms with Crippen molar-refractivity contribution in [3.05, 3.63) is 46.8 Å². The maximum Gasteiger partial charge on any atom is 0.219 e. The first-order valence-corrected chi connectivity index (χ1v) is 6.42. The van der Waals surface area contributed by atoms with E-state index in [1.165, 1.54) is 0 Å². The summed E-state index contributed by atoms with van der Waals surface area (Å²) in [6.45, 7) is 5.62. The van der Waals surface area contributed by atoms with Crippen LogP contribution in [-0.2, 0) is 6.42 Å². The largest absolute Gasteiger partial charge is 0.359 e. The third-order valence-electron chi connectivity index (χ3n) is 3.26. The first-order valence-electron chi connectivity index (χ1n) is 6.05. The van der Waals surface area contributed by atoms with Crippen LogP contribution in [0.15, 0.2) is 24.4 Å². The first kappa shape index (κ1) is 12.2. The van der Waals surface area contributed by atoms with Gasteiger partial charge in [0.15, 0.2) is 0 Å². The number of fused-ring (bicyclic) bond motifs is 1. The van der Waals surface area contributed by atoms with Crippen LogP contribution in [0.1, 0.15) is 17.8 Å². The fraction of sp³-hybridized carbons (Fsp3) is 0.214. The number of aryl methyl sites for hydroxylation is 1. The predicted molar refractivity (Wildman–Crippen MR) is 74.8 cm³/mol. The zero-order valence-corrected chi connectivity index (χ0v) is 11.2. The number of benzene rings is 1. The van der Waals surface area contributed by atoms with Gasteiger partial charge in [0.05, 0.1) is 5.02 Å². The average molecular weight is 278 g/mol. The standard InChI is InChI=1S/C14H13ClFN3/c1-7-3-4-9-11(17-7)6-5-10(12(9)15)13-14(16)19-8(2)18-13/h5-6,17H,1,3-4H2,2H3,(H,18,19). The van der Waals surface area contributed by atoms with Crippen molar-refractivity contribution < 1.29 is 4.39 Å². The smallest absolute Gasteiger partial charge is 0.219 e. The Labute approximate surface area is 115 Å². The molecule has 0 atom stereocenters. The molecule has 2 heterocycles. The van der Waals surface area contributed by atoms with Gasteiger partial charge in [0.2, 0.25) is 5.95 Å². The van der Waals surface area contributed by atoms with Crippen LogP contribution in [0.5, 0.6) is 0 Å². The normalized spacial score (nSPS) is 14.2. The summed E-state index contributed by atoms with van der Waals surface area (Å²) in [4.78, 5) is 6.71. The van der Waals surface area contributed by atoms with E-state index in [-0.39, 0.29) is 5.69 Å². The molecule has 1 aromatic carbocycles. The topological polar surface area (TPSA) is 40.7 Å². The van der Waals surface area contributed by atoms with E-state index in [9.17, 15) is 4.39 Å². The summed E-state index contributed by atoms with van der Waals surface area (Å²) in [5.41, 5.74) is 3.80. The summed E-state index contributed by atoms with van der Waals surface area (Å²) in [6.07, 6.45) is 1.64. The van der Waals surface area contributed by atoms with Crippen LogP contribution in [0, 0.1) is 12.9 Å². The molecule has 0 amide bonds. The maximum absolute atomic E-state index is 13.8. The molecule has 1 aliphatic heterocycles. The lowest BCUT2D eigenvalue weighted by atomic mass is 9.98. The van der Waals surface area contributed by atoms with Gasteiger partial charge in [-0.3, -0.25) is 0 Å². The number of hydrogen-bond acceptors (Lipinski definition) is 2. The quantitative estimate of drug-likeness (QED) is 0.826. The molecule has 0 unspecified atom stereocenters. The van der Waals surface area contributed by atoms with Crippen molar-refractivity contribution in [2.24, 2.45) is 0 Å². The van der Waals surface area contributed by atoms with Crippen molar-refractivity contribution in [2.75, 3.05) is 5.32 Å². The highest BCUT2D eigenvalue weighted by Crippen LogP contribution is 2.38. The highest BCUT2D eigenvalue weighted by atomic mass is 35.5. The second-order valence-corrected chi connectivity index (χ2v) is 5.04. The third-order valence-corrected chi connectivity index (χ3v) is 3.70. The summed E-state index contributed by atoms with van der Waals surface area (Å²) >= 11 is 6.40. The van der Waals surface area contributed by atoms with Crippen LogP contribution in [0.2, 0.25) is 5.02 Å². The third kappa shape index (κ3) is 2.02. The number of anilines is 1. The van der Waals surface area contributed by atoms with Crippen molar-refractivity contribution >= 4 is 17.3 Å². The maximum atomic E-state index is 13.8. The minimum Gasteiger partial charge on any atom is -0.359 e. The number of nitrogens with one attached hydrogen (secondary N) is 2. The fourth-order valence-corrected chi connectivity index (χ4v) is 2.68. The molecule has 0 saturated heterocycles. The van der Waals surface area contributed by atoms with E-state index in [1.54, 1.807) is 13.0 Å². The molecule has 5 heteroatoms. The van der Waals surface area contributed by atoms with Crippen LogP contribution < -0.4 is 5.32 Å². The van der Waals surface area contributed by atoms with E-state index in [1.807, 2.05) is 6.07 Å². The number of hydrogen-bond donors (Lipinski definition) is 2. The van der Waals surface area contributed by atoms with Crippen molar-refractivity contribution in [1.82, 2.24) is 9.97 Å². The number of rotatable bonds is 1. The zero-order chi connectivity index (χ0) is 13.6. The number of imidazole rings is 1. The Morgan fingerprint density at radius 2 is 2.16 bits per heavy atom. The number of halogens is 2. The van der Waals surface area contributed by atoms with Crippen LogP contribution in [0.3, 0.4) is 0 Å². The lowest BCUT2D eigenvalue weighted by molar-refractivity contribution is 0.592. The Morgan fingerprint density at radius 3 is 2.84 bits per heavy atom. The Morgan fingerprint density at radius 1 is 1.37 bits per heavy atom. The molecule has 19 heavy (non-hydrogen) atoms. The van der Waals surface area contributed by atoms with E-state index in [2.05, 4.69) is 21.9 Å². The number of aromatic amines is 1. The minimum absolute atomic E-state index is 0.273. The Bertz CT molecular complexity index is 676. The van der Waals surface area contributed by atoms with Crippen LogP contribution in [0.4, 0.5) is 10.1 Å². The van der Waals surface area contributed by atoms with Gasteiger partial charge in [-0.05, 0) is 37.5 Å². The van der Waals surface area contributed by atoms with Gasteiger partial charge in [0.1, 0.15) is 11.5 Å². The molecule has 98 valence electrons. The van der Waals surface area contributed by atoms with E-state index < -0.39 is 5.95 Å². The Kier molecular flexibility index (Phi) is 2.82. The van der Waals surface area contributed by atoms with E-state index in [0.717, 1.165) is 29.8 Å². The average Bonchev–Trinajstić information content (AvgIpc) is 2.68. The molecule has 0 aliphatic carbocycles. The molecule has 1 aromatic heterocycles. The highest BCUT2D eigenvalue weighted by Gasteiger charge is 2.20. The second kappa shape index (κ2) is 4.38. The molecule has 0 saturated carbocycles. The van der Waals surface area contributed by atoms with Crippen LogP contribution in [0.25, 0.3) is 11.3 Å². The van der Waals surface area contributed by atoms with Gasteiger partial charge in [0.25, 0.3) is 0 Å². The number of aromatic nitrogens is 2. The van der Waals surface area contributed by atoms with Gasteiger partial charge in [-0.25, -0.2) is 4.98 Å². The molecule has 0 bridgehead atoms. The number of allylic oxidation sites excluding steroid dienone is 1. The molecule has 2 N–H and O–H groups in total. The molecule has 2 aromatic rings. The van der Waals surface area contributed by atoms with Gasteiger partial charge in [0, 0.05) is 16.9 Å². The molecule has 0 spiro atoms. The Balaban J connectivity index is 2.14. The molecule has 0 radical (unpaired) electrons. The summed E-state index contributed by atoms with van der Waals surface area (Å²) in [5.74, 6) is 0.0836. The molecular formula is C14H13ClFN3. The van der Waals surface area contributed by atoms with E-state index in [4.69, 9.17) is 11.6 Å². The number of H-pyrrole nitrogens is 1. The molecular weight excluding hydrogens is 265 g/mol. The van der Waals surface area contributed by atoms with Crippen LogP contribution in [-0.4, -0.2) is 9.97 Å². The van der Waals surface area contributed by atoms with Gasteiger partial charge in [-0.15, -0.1) is 0 Å². The highest BCUT2D eigenvalue weighted by molar-refractivity contribution is 6.34. The van der Waals surface area contributed by atoms with Crippen molar-refractivity contribution in [1.29, 1.82) is 0 Å². The van der Waals surface area contributed by atoms with Crippen molar-refractivity contribution in [3.63, 3.8) is 0 Å². The van der Waals surface area contributed by atoms with Gasteiger partial charge >= 0.3 is 0 Å². The number of nitrogens with zero attached hydrogens (tertiary/aromatic N) is 1. The summed E-state index contributed by atoms with van der Waals surface area (Å²) in [5, 5.41) is 3.76. The molecule has 0 fully saturated rings. The second-order valence-electron chi connectivity index (χ2n) is 4.67. The first-order chi connectivity index (χ1) is 9.06. The Hall–Kier alpha value is -1.81. The summed E-state index contributed by atoms with van der Waals surface area (Å²) in [6, 6.07) is 3.68. The lowest BCUT2D eigenvalue weighted by Crippen LogP contribution is -2.09. The van der Waals surface area contributed by atoms with E-state index >= 15 is 0 Å². The van der Waals surface area contributed by atoms with Crippen molar-refractivity contribution in [3.8, 4) is 11.3 Å². The SMILES string of the molecule is C=C1CCc2c(ccc(-c3nc(C)[nH]c3F)c2Cl)N1. The van der Waals surface area contributed by atoms with Gasteiger partial charge < -0.3 is 10.3 Å². The summed E-state index contributed by atoms with van der Waals surface area (Å²) in [7, 11) is 0. The zero-order valence-electron chi connectivity index (χ0n) is 10.5. The fourth-order valence-electron chi connectivity index (χ4n) is 2.34.